The van der Waals surface area contributed by atoms with Gasteiger partial charge < -0.3 is 13.3 Å². The van der Waals surface area contributed by atoms with Gasteiger partial charge in [-0.25, -0.2) is 0 Å². The van der Waals surface area contributed by atoms with Crippen molar-refractivity contribution in [3.05, 3.63) is 158 Å². The zero-order chi connectivity index (χ0) is 33.2. The number of fused-ring (bicyclic) bond motifs is 13. The van der Waals surface area contributed by atoms with E-state index in [9.17, 15) is 0 Å². The third-order valence-electron chi connectivity index (χ3n) is 10.8. The normalized spacial score (nSPS) is 12.3. The Balaban J connectivity index is 1.10. The topological polar surface area (TPSA) is 39.4 Å². The minimum atomic E-state index is 0.855. The fourth-order valence-corrected chi connectivity index (χ4v) is 8.57. The molecule has 0 atom stereocenters. The van der Waals surface area contributed by atoms with Gasteiger partial charge >= 0.3 is 0 Å². The first-order valence-corrected chi connectivity index (χ1v) is 17.3. The van der Waals surface area contributed by atoms with E-state index < -0.39 is 0 Å². The van der Waals surface area contributed by atoms with Gasteiger partial charge in [0.25, 0.3) is 0 Å². The van der Waals surface area contributed by atoms with E-state index in [4.69, 9.17) is 13.3 Å². The van der Waals surface area contributed by atoms with Crippen LogP contribution in [0.15, 0.2) is 171 Å². The van der Waals surface area contributed by atoms with E-state index in [1.807, 2.05) is 24.3 Å². The molecule has 3 heteroatoms. The number of rotatable bonds is 2. The molecule has 0 bridgehead atoms. The molecule has 12 aromatic rings. The molecule has 3 aromatic heterocycles. The summed E-state index contributed by atoms with van der Waals surface area (Å²) >= 11 is 0. The quantitative estimate of drug-likeness (QED) is 0.175. The number of furan rings is 3. The zero-order valence-electron chi connectivity index (χ0n) is 27.2. The minimum absolute atomic E-state index is 0.855. The average Bonchev–Trinajstić information content (AvgIpc) is 3.86. The maximum atomic E-state index is 6.53. The van der Waals surface area contributed by atoms with Crippen molar-refractivity contribution < 1.29 is 13.3 Å². The molecule has 0 saturated heterocycles. The summed E-state index contributed by atoms with van der Waals surface area (Å²) in [5.41, 5.74) is 10.1. The van der Waals surface area contributed by atoms with Gasteiger partial charge in [-0.2, -0.15) is 0 Å². The largest absolute Gasteiger partial charge is 0.456 e. The van der Waals surface area contributed by atoms with E-state index in [-0.39, 0.29) is 0 Å². The van der Waals surface area contributed by atoms with Crippen LogP contribution in [0.4, 0.5) is 0 Å². The SMILES string of the molecule is c1ccc2c(c1)oc1cc(-c3c4ccccc4c(-c4ccc5oc6cc7c(ccc8c9ccccc9oc78)cc6c5c4)c4ccccc34)ccc12. The third kappa shape index (κ3) is 3.72. The molecule has 0 fully saturated rings. The molecule has 51 heavy (non-hydrogen) atoms. The monoisotopic (exact) mass is 650 g/mol. The fourth-order valence-electron chi connectivity index (χ4n) is 8.57. The Kier molecular flexibility index (Phi) is 5.23. The molecule has 0 aliphatic rings. The van der Waals surface area contributed by atoms with Gasteiger partial charge in [-0.3, -0.25) is 0 Å². The van der Waals surface area contributed by atoms with Crippen molar-refractivity contribution in [3.63, 3.8) is 0 Å². The molecule has 12 rings (SSSR count). The van der Waals surface area contributed by atoms with E-state index in [0.29, 0.717) is 0 Å². The lowest BCUT2D eigenvalue weighted by Gasteiger charge is -2.17. The van der Waals surface area contributed by atoms with Crippen molar-refractivity contribution in [2.24, 2.45) is 0 Å². The van der Waals surface area contributed by atoms with Gasteiger partial charge in [0.1, 0.15) is 33.5 Å². The zero-order valence-corrected chi connectivity index (χ0v) is 27.2. The summed E-state index contributed by atoms with van der Waals surface area (Å²) in [6, 6.07) is 56.1. The van der Waals surface area contributed by atoms with E-state index in [0.717, 1.165) is 87.7 Å². The molecule has 9 aromatic carbocycles. The second kappa shape index (κ2) is 9.87. The summed E-state index contributed by atoms with van der Waals surface area (Å²) in [4.78, 5) is 0. The van der Waals surface area contributed by atoms with Crippen molar-refractivity contribution in [2.75, 3.05) is 0 Å². The summed E-state index contributed by atoms with van der Waals surface area (Å²) in [7, 11) is 0. The maximum absolute atomic E-state index is 6.53. The highest BCUT2D eigenvalue weighted by Crippen LogP contribution is 2.46. The highest BCUT2D eigenvalue weighted by atomic mass is 16.3. The Hall–Kier alpha value is -6.84. The van der Waals surface area contributed by atoms with Gasteiger partial charge in [-0.1, -0.05) is 103 Å². The third-order valence-corrected chi connectivity index (χ3v) is 10.8. The van der Waals surface area contributed by atoms with Crippen molar-refractivity contribution in [1.29, 1.82) is 0 Å². The van der Waals surface area contributed by atoms with Crippen LogP contribution in [0.3, 0.4) is 0 Å². The lowest BCUT2D eigenvalue weighted by Crippen LogP contribution is -1.90. The van der Waals surface area contributed by atoms with Crippen LogP contribution in [0.5, 0.6) is 0 Å². The Morgan fingerprint density at radius 3 is 1.41 bits per heavy atom. The Morgan fingerprint density at radius 2 is 0.725 bits per heavy atom. The number of hydrogen-bond donors (Lipinski definition) is 0. The van der Waals surface area contributed by atoms with Crippen LogP contribution >= 0.6 is 0 Å². The first kappa shape index (κ1) is 27.0. The van der Waals surface area contributed by atoms with Gasteiger partial charge in [0.05, 0.1) is 0 Å². The molecule has 3 heterocycles. The molecular weight excluding hydrogens is 625 g/mol. The lowest BCUT2D eigenvalue weighted by molar-refractivity contribution is 0.667. The summed E-state index contributed by atoms with van der Waals surface area (Å²) in [5.74, 6) is 0. The Bertz CT molecular complexity index is 3370. The molecule has 0 unspecified atom stereocenters. The van der Waals surface area contributed by atoms with Gasteiger partial charge in [-0.05, 0) is 104 Å². The number of para-hydroxylation sites is 2. The van der Waals surface area contributed by atoms with Gasteiger partial charge in [0, 0.05) is 37.7 Å². The van der Waals surface area contributed by atoms with E-state index in [1.54, 1.807) is 0 Å². The highest BCUT2D eigenvalue weighted by Gasteiger charge is 2.20. The summed E-state index contributed by atoms with van der Waals surface area (Å²) in [6.45, 7) is 0. The standard InChI is InChI=1S/C48H26O3/c1-3-13-35-33(11-1)46(34-12-2-4-14-36(34)47(35)29-18-20-32-30-9-5-7-15-41(30)49-44(32)25-29)28-19-22-43-39(24-28)40-23-27-17-21-37-31-10-6-8-16-42(31)51-48(37)38(27)26-45(40)50-43/h1-26H. The van der Waals surface area contributed by atoms with Gasteiger partial charge in [-0.15, -0.1) is 0 Å². The molecule has 0 spiro atoms. The number of benzene rings is 9. The number of hydrogen-bond acceptors (Lipinski definition) is 3. The molecule has 0 N–H and O–H groups in total. The molecule has 0 amide bonds. The van der Waals surface area contributed by atoms with Crippen molar-refractivity contribution >= 4 is 98.1 Å². The molecule has 0 aliphatic carbocycles. The predicted octanol–water partition coefficient (Wildman–Crippen LogP) is 14.2. The van der Waals surface area contributed by atoms with Crippen molar-refractivity contribution in [2.45, 2.75) is 0 Å². The molecule has 236 valence electrons. The fraction of sp³-hybridized carbons (Fsp3) is 0. The molecule has 3 nitrogen and oxygen atoms in total. The van der Waals surface area contributed by atoms with Crippen molar-refractivity contribution in [3.8, 4) is 22.3 Å². The summed E-state index contributed by atoms with van der Waals surface area (Å²) in [5, 5.41) is 13.7. The first-order valence-electron chi connectivity index (χ1n) is 17.3. The average molecular weight is 651 g/mol. The highest BCUT2D eigenvalue weighted by molar-refractivity contribution is 6.24. The van der Waals surface area contributed by atoms with Crippen LogP contribution < -0.4 is 0 Å². The Labute approximate surface area is 290 Å². The van der Waals surface area contributed by atoms with Gasteiger partial charge in [0.15, 0.2) is 0 Å². The van der Waals surface area contributed by atoms with E-state index >= 15 is 0 Å². The maximum Gasteiger partial charge on any atom is 0.143 e. The molecular formula is C48H26O3. The van der Waals surface area contributed by atoms with Crippen molar-refractivity contribution in [1.82, 2.24) is 0 Å². The van der Waals surface area contributed by atoms with E-state index in [1.165, 1.54) is 32.7 Å². The van der Waals surface area contributed by atoms with Crippen LogP contribution in [0.1, 0.15) is 0 Å². The van der Waals surface area contributed by atoms with Crippen LogP contribution in [0, 0.1) is 0 Å². The lowest BCUT2D eigenvalue weighted by atomic mass is 9.85. The van der Waals surface area contributed by atoms with Crippen LogP contribution in [-0.4, -0.2) is 0 Å². The van der Waals surface area contributed by atoms with Gasteiger partial charge in [0.2, 0.25) is 0 Å². The van der Waals surface area contributed by atoms with Crippen LogP contribution in [-0.2, 0) is 0 Å². The summed E-state index contributed by atoms with van der Waals surface area (Å²) < 4.78 is 19.3. The van der Waals surface area contributed by atoms with Crippen LogP contribution in [0.25, 0.3) is 120 Å². The molecule has 0 aliphatic heterocycles. The van der Waals surface area contributed by atoms with Crippen LogP contribution in [0.2, 0.25) is 0 Å². The summed E-state index contributed by atoms with van der Waals surface area (Å²) in [6.07, 6.45) is 0. The molecule has 0 saturated carbocycles. The second-order valence-corrected chi connectivity index (χ2v) is 13.6. The first-order chi connectivity index (χ1) is 25.3. The smallest absolute Gasteiger partial charge is 0.143 e. The predicted molar refractivity (Wildman–Crippen MR) is 212 cm³/mol. The molecule has 0 radical (unpaired) electrons. The van der Waals surface area contributed by atoms with E-state index in [2.05, 4.69) is 133 Å². The second-order valence-electron chi connectivity index (χ2n) is 13.6. The Morgan fingerprint density at radius 1 is 0.255 bits per heavy atom. The minimum Gasteiger partial charge on any atom is -0.456 e.